The molecule has 8 aromatic rings. The Kier molecular flexibility index (Phi) is 13.8. The first-order valence-corrected chi connectivity index (χ1v) is 26.0. The standard InChI is InChI=1S/C48H43BN2P4.BrH/c1-9-25-41(26-10-1)52(42-27-11-2-12-28-42)50-54(45-33-17-5-18-34-45,46-35-19-6-20-36-46)49-55(47-37-21-7-22-38-47,48-39-23-8-24-40-48)51-53(43-29-13-3-14-30-43)44-31-15-4-16-32-44;/h1-40,50H,49H2;1H. The Labute approximate surface area is 346 Å². The van der Waals surface area contributed by atoms with Gasteiger partial charge in [-0.15, -0.1) is 0 Å². The molecule has 0 aliphatic carbocycles. The summed E-state index contributed by atoms with van der Waals surface area (Å²) >= 11 is 0. The molecular formula is C48H44BBrN2P4. The molecule has 0 amide bonds. The summed E-state index contributed by atoms with van der Waals surface area (Å²) in [4.78, 5) is 4.71. The van der Waals surface area contributed by atoms with E-state index in [2.05, 4.69) is 243 Å². The second kappa shape index (κ2) is 19.3. The van der Waals surface area contributed by atoms with Gasteiger partial charge in [0.25, 0.3) is 6.72 Å². The highest BCUT2D eigenvalue weighted by Gasteiger charge is 2.48. The number of rotatable bonds is 13. The fourth-order valence-electron chi connectivity index (χ4n) is 7.67. The van der Waals surface area contributed by atoms with Crippen molar-refractivity contribution in [2.75, 3.05) is 0 Å². The highest BCUT2D eigenvalue weighted by atomic mass is 79.9. The van der Waals surface area contributed by atoms with Gasteiger partial charge in [0.05, 0.1) is 18.7 Å². The Balaban J connectivity index is 0.00000480. The molecule has 276 valence electrons. The van der Waals surface area contributed by atoms with Crippen LogP contribution in [0.4, 0.5) is 0 Å². The zero-order valence-electron chi connectivity index (χ0n) is 31.3. The van der Waals surface area contributed by atoms with Gasteiger partial charge in [-0.1, -0.05) is 194 Å². The van der Waals surface area contributed by atoms with Crippen LogP contribution in [0.25, 0.3) is 0 Å². The minimum absolute atomic E-state index is 0. The van der Waals surface area contributed by atoms with Crippen molar-refractivity contribution in [3.05, 3.63) is 243 Å². The van der Waals surface area contributed by atoms with Crippen LogP contribution in [0.5, 0.6) is 0 Å². The van der Waals surface area contributed by atoms with Crippen molar-refractivity contribution in [3.8, 4) is 0 Å². The molecule has 0 aliphatic heterocycles. The van der Waals surface area contributed by atoms with Crippen LogP contribution in [0.3, 0.4) is 0 Å². The van der Waals surface area contributed by atoms with E-state index in [1.165, 1.54) is 42.4 Å². The van der Waals surface area contributed by atoms with Gasteiger partial charge in [-0.2, -0.15) is 4.86 Å². The lowest BCUT2D eigenvalue weighted by Crippen LogP contribution is -3.00. The Morgan fingerprint density at radius 2 is 0.661 bits per heavy atom. The molecule has 0 radical (unpaired) electrons. The number of nitrogens with one attached hydrogen (secondary N) is 2. The van der Waals surface area contributed by atoms with Crippen LogP contribution < -0.4 is 68.8 Å². The predicted octanol–water partition coefficient (Wildman–Crippen LogP) is 4.19. The molecule has 8 heteroatoms. The summed E-state index contributed by atoms with van der Waals surface area (Å²) in [5.41, 5.74) is 0. The summed E-state index contributed by atoms with van der Waals surface area (Å²) in [6.07, 6.45) is 0. The van der Waals surface area contributed by atoms with E-state index in [-0.39, 0.29) is 17.0 Å². The second-order valence-corrected chi connectivity index (χ2v) is 26.5. The molecule has 2 nitrogen and oxygen atoms in total. The van der Waals surface area contributed by atoms with Gasteiger partial charge >= 0.3 is 0 Å². The first-order chi connectivity index (χ1) is 27.3. The van der Waals surface area contributed by atoms with Crippen molar-refractivity contribution >= 4 is 79.5 Å². The first kappa shape index (κ1) is 40.0. The lowest BCUT2D eigenvalue weighted by molar-refractivity contribution is -0.228. The third-order valence-electron chi connectivity index (χ3n) is 10.3. The highest BCUT2D eigenvalue weighted by molar-refractivity contribution is 8.34. The summed E-state index contributed by atoms with van der Waals surface area (Å²) in [6.45, 7) is -3.41. The summed E-state index contributed by atoms with van der Waals surface area (Å²) in [7, 11) is -4.30. The molecular weight excluding hydrogens is 819 g/mol. The zero-order chi connectivity index (χ0) is 37.2. The maximum absolute atomic E-state index is 4.71. The monoisotopic (exact) mass is 862 g/mol. The summed E-state index contributed by atoms with van der Waals surface area (Å²) in [5, 5.41) is 10.9. The minimum atomic E-state index is -2.38. The molecule has 56 heavy (non-hydrogen) atoms. The molecule has 0 aromatic heterocycles. The Morgan fingerprint density at radius 3 is 1.00 bits per heavy atom. The molecule has 8 rings (SSSR count). The summed E-state index contributed by atoms with van der Waals surface area (Å²) in [6, 6.07) is 90.4. The molecule has 2 N–H and O–H groups in total. The van der Waals surface area contributed by atoms with Gasteiger partial charge in [0.15, 0.2) is 0 Å². The zero-order valence-corrected chi connectivity index (χ0v) is 36.4. The van der Waals surface area contributed by atoms with E-state index in [0.717, 1.165) is 0 Å². The fourth-order valence-corrected chi connectivity index (χ4v) is 30.3. The van der Waals surface area contributed by atoms with E-state index >= 15 is 0 Å². The highest BCUT2D eigenvalue weighted by Crippen LogP contribution is 2.64. The van der Waals surface area contributed by atoms with Gasteiger partial charge < -0.3 is 17.0 Å². The minimum Gasteiger partial charge on any atom is -1.00 e. The van der Waals surface area contributed by atoms with Crippen molar-refractivity contribution in [2.24, 2.45) is 0 Å². The molecule has 0 aliphatic rings. The van der Waals surface area contributed by atoms with Gasteiger partial charge in [-0.25, -0.2) is 0 Å². The SMILES string of the molecule is [BH2-](P(=[NH+]P(c1ccccc1)c1ccccc1)(c1ccccc1)c1ccccc1)[P+](NP(c1ccccc1)c1ccccc1)(c1ccccc1)c1ccccc1.[Br-]. The summed E-state index contributed by atoms with van der Waals surface area (Å²) < 4.78 is 4.71. The quantitative estimate of drug-likeness (QED) is 0.132. The first-order valence-electron chi connectivity index (χ1n) is 18.9. The van der Waals surface area contributed by atoms with Crippen molar-refractivity contribution in [3.63, 3.8) is 0 Å². The van der Waals surface area contributed by atoms with Crippen LogP contribution >= 0.6 is 30.4 Å². The largest absolute Gasteiger partial charge is 1.00 e. The van der Waals surface area contributed by atoms with Gasteiger partial charge in [-0.05, 0) is 66.4 Å². The van der Waals surface area contributed by atoms with Crippen molar-refractivity contribution in [1.82, 2.24) is 4.86 Å². The molecule has 0 unspecified atom stereocenters. The predicted molar refractivity (Wildman–Crippen MR) is 249 cm³/mol. The molecule has 0 saturated heterocycles. The molecule has 0 atom stereocenters. The number of hydrogen-bond donors (Lipinski definition) is 2. The maximum Gasteiger partial charge on any atom is 0.267 e. The smallest absolute Gasteiger partial charge is 0.267 e. The Bertz CT molecular complexity index is 2270. The molecule has 0 spiro atoms. The van der Waals surface area contributed by atoms with Crippen LogP contribution in [0.15, 0.2) is 243 Å². The van der Waals surface area contributed by atoms with E-state index in [4.69, 9.17) is 9.37 Å². The molecule has 8 aromatic carbocycles. The average Bonchev–Trinajstić information content (AvgIpc) is 3.29. The molecule has 0 fully saturated rings. The average molecular weight is 864 g/mol. The second-order valence-electron chi connectivity index (χ2n) is 13.8. The number of benzene rings is 8. The van der Waals surface area contributed by atoms with Gasteiger partial charge in [0, 0.05) is 28.2 Å². The van der Waals surface area contributed by atoms with Crippen LogP contribution in [-0.4, -0.2) is 6.72 Å². The Hall–Kier alpha value is -4.22. The van der Waals surface area contributed by atoms with E-state index in [1.807, 2.05) is 0 Å². The molecule has 0 bridgehead atoms. The van der Waals surface area contributed by atoms with Crippen LogP contribution in [0, 0.1) is 0 Å². The third kappa shape index (κ3) is 8.84. The maximum atomic E-state index is 4.71. The van der Waals surface area contributed by atoms with Crippen LogP contribution in [-0.2, 0) is 0 Å². The van der Waals surface area contributed by atoms with E-state index in [1.54, 1.807) is 0 Å². The Morgan fingerprint density at radius 1 is 0.375 bits per heavy atom. The lowest BCUT2D eigenvalue weighted by atomic mass is 10.4. The fraction of sp³-hybridized carbons (Fsp3) is 0. The van der Waals surface area contributed by atoms with Crippen LogP contribution in [0.2, 0.25) is 0 Å². The van der Waals surface area contributed by atoms with Gasteiger partial charge in [0.2, 0.25) is 8.07 Å². The van der Waals surface area contributed by atoms with Crippen LogP contribution in [0.1, 0.15) is 0 Å². The van der Waals surface area contributed by atoms with Crippen molar-refractivity contribution in [1.29, 1.82) is 0 Å². The number of hydrogen-bond acceptors (Lipinski definition) is 1. The van der Waals surface area contributed by atoms with E-state index in [0.29, 0.717) is 0 Å². The van der Waals surface area contributed by atoms with Gasteiger partial charge in [0.1, 0.15) is 0 Å². The van der Waals surface area contributed by atoms with Crippen molar-refractivity contribution in [2.45, 2.75) is 0 Å². The summed E-state index contributed by atoms with van der Waals surface area (Å²) in [5.74, 6) is 0. The van der Waals surface area contributed by atoms with E-state index < -0.39 is 37.1 Å². The number of halogens is 1. The van der Waals surface area contributed by atoms with Crippen molar-refractivity contribution < 1.29 is 21.5 Å². The molecule has 0 saturated carbocycles. The van der Waals surface area contributed by atoms with E-state index in [9.17, 15) is 0 Å². The third-order valence-corrected chi connectivity index (χ3v) is 28.5. The van der Waals surface area contributed by atoms with Gasteiger partial charge in [-0.3, -0.25) is 4.52 Å². The lowest BCUT2D eigenvalue weighted by Gasteiger charge is -2.41. The topological polar surface area (TPSA) is 26.0 Å². The normalized spacial score (nSPS) is 11.5. The molecule has 0 heterocycles.